The number of halogens is 1. The van der Waals surface area contributed by atoms with Crippen LogP contribution in [0.25, 0.3) is 0 Å². The highest BCUT2D eigenvalue weighted by Gasteiger charge is 2.45. The first-order chi connectivity index (χ1) is 13.4. The van der Waals surface area contributed by atoms with E-state index in [0.717, 1.165) is 4.90 Å². The molecule has 0 radical (unpaired) electrons. The average molecular weight is 397 g/mol. The third-order valence-electron chi connectivity index (χ3n) is 3.99. The van der Waals surface area contributed by atoms with Crippen molar-refractivity contribution >= 4 is 41.0 Å². The number of urea groups is 1. The van der Waals surface area contributed by atoms with Gasteiger partial charge in [0.25, 0.3) is 0 Å². The van der Waals surface area contributed by atoms with Crippen LogP contribution in [0.1, 0.15) is 11.1 Å². The normalized spacial score (nSPS) is 13.6. The Morgan fingerprint density at radius 3 is 2.36 bits per heavy atom. The summed E-state index contributed by atoms with van der Waals surface area (Å²) in [5, 5.41) is 11.5. The quantitative estimate of drug-likeness (QED) is 0.615. The highest BCUT2D eigenvalue weighted by Crippen LogP contribution is 2.21. The number of anilines is 1. The number of benzene rings is 2. The van der Waals surface area contributed by atoms with Crippen LogP contribution in [-0.4, -0.2) is 40.1 Å². The Morgan fingerprint density at radius 1 is 1.04 bits per heavy atom. The molecule has 140 valence electrons. The lowest BCUT2D eigenvalue weighted by atomic mass is 10.2. The Labute approximate surface area is 164 Å². The molecule has 2 aromatic rings. The lowest BCUT2D eigenvalue weighted by molar-refractivity contribution is -0.143. The van der Waals surface area contributed by atoms with Gasteiger partial charge in [0.2, 0.25) is 5.91 Å². The standard InChI is InChI=1S/C19H13ClN4O4/c20-15-8-14(7-6-13(15)9-21)22-16(25)11-24-18(27)17(26)23(19(24)28)10-12-4-2-1-3-5-12/h1-8H,10-11H2,(H,22,25). The summed E-state index contributed by atoms with van der Waals surface area (Å²) in [6.07, 6.45) is 0. The minimum atomic E-state index is -1.06. The first-order valence-electron chi connectivity index (χ1n) is 8.11. The number of imide groups is 2. The highest BCUT2D eigenvalue weighted by molar-refractivity contribution is 6.45. The molecular formula is C19H13ClN4O4. The second-order valence-corrected chi connectivity index (χ2v) is 6.31. The molecule has 1 aliphatic rings. The summed E-state index contributed by atoms with van der Waals surface area (Å²) >= 11 is 5.90. The molecule has 1 heterocycles. The van der Waals surface area contributed by atoms with E-state index in [1.54, 1.807) is 30.3 Å². The van der Waals surface area contributed by atoms with E-state index in [0.29, 0.717) is 16.2 Å². The van der Waals surface area contributed by atoms with E-state index >= 15 is 0 Å². The van der Waals surface area contributed by atoms with E-state index in [9.17, 15) is 19.2 Å². The molecule has 0 unspecified atom stereocenters. The fourth-order valence-electron chi connectivity index (χ4n) is 2.62. The van der Waals surface area contributed by atoms with Gasteiger partial charge in [0, 0.05) is 5.69 Å². The number of hydrogen-bond acceptors (Lipinski definition) is 5. The van der Waals surface area contributed by atoms with Crippen LogP contribution in [0.15, 0.2) is 48.5 Å². The maximum atomic E-state index is 12.4. The van der Waals surface area contributed by atoms with Crippen LogP contribution in [0.4, 0.5) is 10.5 Å². The molecule has 0 atom stereocenters. The summed E-state index contributed by atoms with van der Waals surface area (Å²) in [7, 11) is 0. The number of nitrogens with zero attached hydrogens (tertiary/aromatic N) is 3. The molecule has 1 aliphatic heterocycles. The van der Waals surface area contributed by atoms with E-state index in [-0.39, 0.29) is 17.1 Å². The monoisotopic (exact) mass is 396 g/mol. The number of hydrogen-bond donors (Lipinski definition) is 1. The van der Waals surface area contributed by atoms with Crippen molar-refractivity contribution in [1.29, 1.82) is 5.26 Å². The number of carbonyl (C=O) groups is 4. The first kappa shape index (κ1) is 19.1. The van der Waals surface area contributed by atoms with Crippen LogP contribution >= 0.6 is 11.6 Å². The fraction of sp³-hybridized carbons (Fsp3) is 0.105. The smallest absolute Gasteiger partial charge is 0.324 e. The van der Waals surface area contributed by atoms with Crippen LogP contribution in [0, 0.1) is 11.3 Å². The maximum absolute atomic E-state index is 12.4. The van der Waals surface area contributed by atoms with Gasteiger partial charge in [0.1, 0.15) is 12.6 Å². The van der Waals surface area contributed by atoms with Gasteiger partial charge in [-0.1, -0.05) is 41.9 Å². The molecule has 0 aromatic heterocycles. The number of nitrogens with one attached hydrogen (secondary N) is 1. The van der Waals surface area contributed by atoms with Gasteiger partial charge in [-0.05, 0) is 23.8 Å². The van der Waals surface area contributed by atoms with Crippen LogP contribution in [0.5, 0.6) is 0 Å². The SMILES string of the molecule is N#Cc1ccc(NC(=O)CN2C(=O)C(=O)N(Cc3ccccc3)C2=O)cc1Cl. The van der Waals surface area contributed by atoms with Gasteiger partial charge >= 0.3 is 17.8 Å². The van der Waals surface area contributed by atoms with Crippen LogP contribution in [-0.2, 0) is 20.9 Å². The summed E-state index contributed by atoms with van der Waals surface area (Å²) in [6, 6.07) is 14.0. The van der Waals surface area contributed by atoms with Gasteiger partial charge in [-0.15, -0.1) is 0 Å². The van der Waals surface area contributed by atoms with Gasteiger partial charge < -0.3 is 5.32 Å². The maximum Gasteiger partial charge on any atom is 0.335 e. The Hall–Kier alpha value is -3.70. The predicted octanol–water partition coefficient (Wildman–Crippen LogP) is 2.14. The van der Waals surface area contributed by atoms with Crippen molar-refractivity contribution in [3.63, 3.8) is 0 Å². The molecule has 0 bridgehead atoms. The van der Waals surface area contributed by atoms with Crippen molar-refractivity contribution in [2.75, 3.05) is 11.9 Å². The molecule has 8 nitrogen and oxygen atoms in total. The summed E-state index contributed by atoms with van der Waals surface area (Å²) in [4.78, 5) is 50.3. The van der Waals surface area contributed by atoms with Crippen LogP contribution in [0.3, 0.4) is 0 Å². The summed E-state index contributed by atoms with van der Waals surface area (Å²) in [6.45, 7) is -0.681. The van der Waals surface area contributed by atoms with Crippen molar-refractivity contribution in [3.8, 4) is 6.07 Å². The lowest BCUT2D eigenvalue weighted by Crippen LogP contribution is -2.38. The lowest BCUT2D eigenvalue weighted by Gasteiger charge is -2.15. The Kier molecular flexibility index (Phi) is 5.38. The zero-order chi connectivity index (χ0) is 20.3. The van der Waals surface area contributed by atoms with Gasteiger partial charge in [-0.2, -0.15) is 5.26 Å². The Bertz CT molecular complexity index is 1020. The molecular weight excluding hydrogens is 384 g/mol. The second kappa shape index (κ2) is 7.90. The van der Waals surface area contributed by atoms with E-state index in [1.165, 1.54) is 18.2 Å². The topological polar surface area (TPSA) is 111 Å². The van der Waals surface area contributed by atoms with Gasteiger partial charge in [0.05, 0.1) is 17.1 Å². The minimum absolute atomic E-state index is 0.0619. The van der Waals surface area contributed by atoms with Gasteiger partial charge in [-0.25, -0.2) is 9.69 Å². The molecule has 2 aromatic carbocycles. The molecule has 0 spiro atoms. The fourth-order valence-corrected chi connectivity index (χ4v) is 2.85. The minimum Gasteiger partial charge on any atom is -0.324 e. The third kappa shape index (κ3) is 3.84. The molecule has 28 heavy (non-hydrogen) atoms. The highest BCUT2D eigenvalue weighted by atomic mass is 35.5. The zero-order valence-electron chi connectivity index (χ0n) is 14.4. The summed E-state index contributed by atoms with van der Waals surface area (Å²) in [5.74, 6) is -2.73. The Morgan fingerprint density at radius 2 is 1.71 bits per heavy atom. The largest absolute Gasteiger partial charge is 0.335 e. The number of nitriles is 1. The van der Waals surface area contributed by atoms with Crippen molar-refractivity contribution in [2.24, 2.45) is 0 Å². The molecule has 1 saturated heterocycles. The van der Waals surface area contributed by atoms with E-state index in [1.807, 2.05) is 6.07 Å². The summed E-state index contributed by atoms with van der Waals surface area (Å²) < 4.78 is 0. The van der Waals surface area contributed by atoms with Crippen molar-refractivity contribution in [2.45, 2.75) is 6.54 Å². The van der Waals surface area contributed by atoms with E-state index < -0.39 is 30.3 Å². The summed E-state index contributed by atoms with van der Waals surface area (Å²) in [5.41, 5.74) is 1.21. The van der Waals surface area contributed by atoms with E-state index in [4.69, 9.17) is 16.9 Å². The van der Waals surface area contributed by atoms with Crippen molar-refractivity contribution in [1.82, 2.24) is 9.80 Å². The van der Waals surface area contributed by atoms with Crippen molar-refractivity contribution < 1.29 is 19.2 Å². The zero-order valence-corrected chi connectivity index (χ0v) is 15.1. The van der Waals surface area contributed by atoms with E-state index in [2.05, 4.69) is 5.32 Å². The Balaban J connectivity index is 1.68. The molecule has 0 saturated carbocycles. The predicted molar refractivity (Wildman–Crippen MR) is 98.9 cm³/mol. The van der Waals surface area contributed by atoms with Gasteiger partial charge in [0.15, 0.2) is 0 Å². The molecule has 0 aliphatic carbocycles. The second-order valence-electron chi connectivity index (χ2n) is 5.91. The molecule has 1 N–H and O–H groups in total. The number of carbonyl (C=O) groups excluding carboxylic acids is 4. The molecule has 3 rings (SSSR count). The van der Waals surface area contributed by atoms with Crippen LogP contribution in [0.2, 0.25) is 5.02 Å². The average Bonchev–Trinajstić information content (AvgIpc) is 2.87. The first-order valence-corrected chi connectivity index (χ1v) is 8.49. The van der Waals surface area contributed by atoms with Crippen LogP contribution < -0.4 is 5.32 Å². The number of rotatable bonds is 5. The third-order valence-corrected chi connectivity index (χ3v) is 4.31. The van der Waals surface area contributed by atoms with Gasteiger partial charge in [-0.3, -0.25) is 19.3 Å². The van der Waals surface area contributed by atoms with Crippen molar-refractivity contribution in [3.05, 3.63) is 64.7 Å². The molecule has 9 heteroatoms. The molecule has 5 amide bonds. The number of amides is 5. The molecule has 1 fully saturated rings.